The molecular weight excluding hydrogens is 282 g/mol. The minimum atomic E-state index is 1.08. The molecule has 0 aliphatic carbocycles. The number of hydrogen-bond acceptors (Lipinski definition) is 2. The first-order chi connectivity index (χ1) is 7.79. The van der Waals surface area contributed by atoms with Gasteiger partial charge < -0.3 is 0 Å². The molecule has 0 amide bonds. The van der Waals surface area contributed by atoms with Crippen LogP contribution in [0.25, 0.3) is 16.5 Å². The van der Waals surface area contributed by atoms with Crippen molar-refractivity contribution in [2.45, 2.75) is 0 Å². The monoisotopic (exact) mass is 289 g/mol. The smallest absolute Gasteiger partial charge is 0.0912 e. The second-order valence-electron chi connectivity index (χ2n) is 3.17. The maximum absolute atomic E-state index is 8.45. The van der Waals surface area contributed by atoms with Gasteiger partial charge in [0.15, 0.2) is 0 Å². The van der Waals surface area contributed by atoms with Gasteiger partial charge in [0, 0.05) is 20.3 Å². The van der Waals surface area contributed by atoms with Crippen molar-refractivity contribution in [1.82, 2.24) is 0 Å². The maximum Gasteiger partial charge on any atom is 0.0912 e. The highest BCUT2D eigenvalue weighted by Crippen LogP contribution is 2.30. The molecule has 0 N–H and O–H groups in total. The Bertz CT molecular complexity index is 563. The zero-order valence-electron chi connectivity index (χ0n) is 8.35. The molecule has 0 radical (unpaired) electrons. The fourth-order valence-electron chi connectivity index (χ4n) is 1.36. The maximum atomic E-state index is 8.45. The quantitative estimate of drug-likeness (QED) is 0.734. The zero-order chi connectivity index (χ0) is 11.4. The van der Waals surface area contributed by atoms with E-state index in [0.29, 0.717) is 0 Å². The first-order valence-corrected chi connectivity index (χ1v) is 6.32. The van der Waals surface area contributed by atoms with Crippen molar-refractivity contribution in [2.75, 3.05) is 0 Å². The van der Waals surface area contributed by atoms with Gasteiger partial charge in [0.2, 0.25) is 0 Å². The van der Waals surface area contributed by atoms with Gasteiger partial charge in [0.25, 0.3) is 0 Å². The molecule has 16 heavy (non-hydrogen) atoms. The Kier molecular flexibility index (Phi) is 3.55. The van der Waals surface area contributed by atoms with Crippen molar-refractivity contribution in [3.63, 3.8) is 0 Å². The fraction of sp³-hybridized carbons (Fsp3) is 0. The summed E-state index contributed by atoms with van der Waals surface area (Å²) < 4.78 is 1.08. The summed E-state index contributed by atoms with van der Waals surface area (Å²) in [4.78, 5) is 2.30. The Labute approximate surface area is 107 Å². The number of halogens is 1. The largest absolute Gasteiger partial charge is 0.193 e. The van der Waals surface area contributed by atoms with Crippen molar-refractivity contribution in [1.29, 1.82) is 5.26 Å². The molecule has 2 rings (SSSR count). The third kappa shape index (κ3) is 2.60. The molecule has 0 aliphatic rings. The predicted octanol–water partition coefficient (Wildman–Crippen LogP) is 4.71. The Hall–Kier alpha value is -1.37. The minimum Gasteiger partial charge on any atom is -0.193 e. The van der Waals surface area contributed by atoms with Gasteiger partial charge in [-0.15, -0.1) is 11.3 Å². The normalized spacial score (nSPS) is 10.5. The Balaban J connectivity index is 2.32. The topological polar surface area (TPSA) is 23.8 Å². The number of benzene rings is 1. The summed E-state index contributed by atoms with van der Waals surface area (Å²) in [5.74, 6) is 0. The summed E-state index contributed by atoms with van der Waals surface area (Å²) in [6, 6.07) is 14.3. The van der Waals surface area contributed by atoms with E-state index >= 15 is 0 Å². The molecule has 0 spiro atoms. The van der Waals surface area contributed by atoms with E-state index in [2.05, 4.69) is 34.1 Å². The molecule has 0 unspecified atom stereocenters. The average molecular weight is 290 g/mol. The Morgan fingerprint density at radius 3 is 2.88 bits per heavy atom. The van der Waals surface area contributed by atoms with E-state index in [1.54, 1.807) is 11.3 Å². The average Bonchev–Trinajstić information content (AvgIpc) is 2.75. The molecule has 0 fully saturated rings. The van der Waals surface area contributed by atoms with Gasteiger partial charge >= 0.3 is 0 Å². The van der Waals surface area contributed by atoms with Gasteiger partial charge in [-0.05, 0) is 35.9 Å². The van der Waals surface area contributed by atoms with Gasteiger partial charge in [0.05, 0.1) is 6.07 Å². The molecule has 0 bridgehead atoms. The van der Waals surface area contributed by atoms with Gasteiger partial charge in [-0.1, -0.05) is 28.1 Å². The lowest BCUT2D eigenvalue weighted by atomic mass is 10.2. The number of hydrogen-bond donors (Lipinski definition) is 0. The van der Waals surface area contributed by atoms with Crippen molar-refractivity contribution >= 4 is 33.3 Å². The first kappa shape index (κ1) is 11.1. The SMILES string of the molecule is N#CC=Cc1ccc(-c2cccc(Br)c2)s1. The summed E-state index contributed by atoms with van der Waals surface area (Å²) in [6.45, 7) is 0. The molecule has 0 saturated heterocycles. The van der Waals surface area contributed by atoms with E-state index < -0.39 is 0 Å². The Morgan fingerprint density at radius 2 is 2.12 bits per heavy atom. The van der Waals surface area contributed by atoms with E-state index in [1.807, 2.05) is 30.3 Å². The number of allylic oxidation sites excluding steroid dienone is 1. The molecule has 0 aliphatic heterocycles. The van der Waals surface area contributed by atoms with Crippen molar-refractivity contribution in [2.24, 2.45) is 0 Å². The molecule has 3 heteroatoms. The van der Waals surface area contributed by atoms with Gasteiger partial charge in [-0.2, -0.15) is 5.26 Å². The summed E-state index contributed by atoms with van der Waals surface area (Å²) in [7, 11) is 0. The molecule has 1 heterocycles. The molecule has 1 aromatic heterocycles. The third-order valence-electron chi connectivity index (χ3n) is 2.06. The summed E-state index contributed by atoms with van der Waals surface area (Å²) in [5.41, 5.74) is 1.19. The van der Waals surface area contributed by atoms with Gasteiger partial charge in [-0.25, -0.2) is 0 Å². The van der Waals surface area contributed by atoms with E-state index in [9.17, 15) is 0 Å². The molecule has 2 aromatic rings. The van der Waals surface area contributed by atoms with E-state index in [0.717, 1.165) is 9.35 Å². The van der Waals surface area contributed by atoms with Crippen molar-refractivity contribution < 1.29 is 0 Å². The van der Waals surface area contributed by atoms with Crippen molar-refractivity contribution in [3.05, 3.63) is 51.8 Å². The van der Waals surface area contributed by atoms with Crippen LogP contribution >= 0.6 is 27.3 Å². The lowest BCUT2D eigenvalue weighted by Gasteiger charge is -1.96. The Morgan fingerprint density at radius 1 is 1.25 bits per heavy atom. The van der Waals surface area contributed by atoms with Gasteiger partial charge in [-0.3, -0.25) is 0 Å². The van der Waals surface area contributed by atoms with Crippen LogP contribution in [0.5, 0.6) is 0 Å². The highest BCUT2D eigenvalue weighted by molar-refractivity contribution is 9.10. The zero-order valence-corrected chi connectivity index (χ0v) is 10.8. The summed E-state index contributed by atoms with van der Waals surface area (Å²) in [5, 5.41) is 8.45. The van der Waals surface area contributed by atoms with Crippen LogP contribution < -0.4 is 0 Å². The van der Waals surface area contributed by atoms with Crippen LogP contribution in [0.1, 0.15) is 4.88 Å². The molecule has 1 nitrogen and oxygen atoms in total. The van der Waals surface area contributed by atoms with Crippen LogP contribution in [-0.4, -0.2) is 0 Å². The number of thiophene rings is 1. The fourth-order valence-corrected chi connectivity index (χ4v) is 2.66. The minimum absolute atomic E-state index is 1.08. The van der Waals surface area contributed by atoms with E-state index in [4.69, 9.17) is 5.26 Å². The molecule has 0 saturated carbocycles. The number of nitrogens with zero attached hydrogens (tertiary/aromatic N) is 1. The second-order valence-corrected chi connectivity index (χ2v) is 5.21. The second kappa shape index (κ2) is 5.11. The molecule has 0 atom stereocenters. The van der Waals surface area contributed by atoms with Crippen LogP contribution in [0.3, 0.4) is 0 Å². The first-order valence-electron chi connectivity index (χ1n) is 4.71. The summed E-state index contributed by atoms with van der Waals surface area (Å²) in [6.07, 6.45) is 3.32. The van der Waals surface area contributed by atoms with Crippen LogP contribution in [-0.2, 0) is 0 Å². The van der Waals surface area contributed by atoms with E-state index in [-0.39, 0.29) is 0 Å². The standard InChI is InChI=1S/C13H8BrNS/c14-11-4-1-3-10(9-11)13-7-6-12(16-13)5-2-8-15/h1-7,9H. The lowest BCUT2D eigenvalue weighted by Crippen LogP contribution is -1.70. The number of rotatable bonds is 2. The highest BCUT2D eigenvalue weighted by Gasteiger charge is 2.01. The summed E-state index contributed by atoms with van der Waals surface area (Å²) >= 11 is 5.13. The van der Waals surface area contributed by atoms with Crippen molar-refractivity contribution in [3.8, 4) is 16.5 Å². The highest BCUT2D eigenvalue weighted by atomic mass is 79.9. The number of nitriles is 1. The van der Waals surface area contributed by atoms with Crippen LogP contribution in [0, 0.1) is 11.3 Å². The van der Waals surface area contributed by atoms with Gasteiger partial charge in [0.1, 0.15) is 0 Å². The molecule has 1 aromatic carbocycles. The molecular formula is C13H8BrNS. The van der Waals surface area contributed by atoms with Crippen LogP contribution in [0.2, 0.25) is 0 Å². The van der Waals surface area contributed by atoms with Crippen LogP contribution in [0.15, 0.2) is 46.9 Å². The van der Waals surface area contributed by atoms with E-state index in [1.165, 1.54) is 16.5 Å². The van der Waals surface area contributed by atoms with Crippen LogP contribution in [0.4, 0.5) is 0 Å². The predicted molar refractivity (Wildman–Crippen MR) is 72.1 cm³/mol. The molecule has 78 valence electrons. The lowest BCUT2D eigenvalue weighted by molar-refractivity contribution is 1.54. The third-order valence-corrected chi connectivity index (χ3v) is 3.65.